The lowest BCUT2D eigenvalue weighted by Gasteiger charge is -2.02. The van der Waals surface area contributed by atoms with Crippen LogP contribution in [0.4, 0.5) is 0 Å². The second kappa shape index (κ2) is 7.78. The third-order valence-electron chi connectivity index (χ3n) is 3.40. The number of para-hydroxylation sites is 1. The summed E-state index contributed by atoms with van der Waals surface area (Å²) in [4.78, 5) is 5.84. The molecule has 0 saturated heterocycles. The Labute approximate surface area is 116 Å². The zero-order valence-electron chi connectivity index (χ0n) is 11.8. The van der Waals surface area contributed by atoms with Gasteiger partial charge in [0.15, 0.2) is 6.61 Å². The van der Waals surface area contributed by atoms with Crippen LogP contribution in [0.3, 0.4) is 0 Å². The smallest absolute Gasteiger partial charge is 0.264 e. The minimum absolute atomic E-state index is 0.796. The molecule has 0 spiro atoms. The standard InChI is InChI=1S/C17H24NO/c1-2-3-4-5-6-9-15-19-18-14-10-12-16-11-7-8-13-17(16)18/h7-8,10-14H,2-6,9,15H2,1H3/q+1. The lowest BCUT2D eigenvalue weighted by molar-refractivity contribution is -0.871. The molecule has 0 aliphatic heterocycles. The molecule has 0 N–H and O–H groups in total. The Morgan fingerprint density at radius 3 is 2.53 bits per heavy atom. The quantitative estimate of drug-likeness (QED) is 0.517. The monoisotopic (exact) mass is 258 g/mol. The summed E-state index contributed by atoms with van der Waals surface area (Å²) in [6.45, 7) is 3.05. The maximum absolute atomic E-state index is 5.84. The largest absolute Gasteiger partial charge is 0.271 e. The van der Waals surface area contributed by atoms with E-state index in [-0.39, 0.29) is 0 Å². The molecule has 2 nitrogen and oxygen atoms in total. The number of fused-ring (bicyclic) bond motifs is 1. The molecule has 0 atom stereocenters. The van der Waals surface area contributed by atoms with Gasteiger partial charge in [0.25, 0.3) is 5.52 Å². The molecule has 0 saturated carbocycles. The molecule has 2 heteroatoms. The molecule has 19 heavy (non-hydrogen) atoms. The van der Waals surface area contributed by atoms with Crippen LogP contribution < -0.4 is 9.57 Å². The Hall–Kier alpha value is -1.57. The van der Waals surface area contributed by atoms with Crippen LogP contribution in [0.15, 0.2) is 42.6 Å². The van der Waals surface area contributed by atoms with E-state index in [9.17, 15) is 0 Å². The van der Waals surface area contributed by atoms with E-state index in [1.165, 1.54) is 37.5 Å². The number of aromatic nitrogens is 1. The van der Waals surface area contributed by atoms with Gasteiger partial charge in [-0.3, -0.25) is 4.84 Å². The second-order valence-electron chi connectivity index (χ2n) is 4.99. The number of nitrogens with zero attached hydrogens (tertiary/aromatic N) is 1. The highest BCUT2D eigenvalue weighted by molar-refractivity contribution is 5.74. The molecule has 1 aromatic heterocycles. The number of unbranched alkanes of at least 4 members (excludes halogenated alkanes) is 5. The molecule has 102 valence electrons. The first-order valence-electron chi connectivity index (χ1n) is 7.44. The van der Waals surface area contributed by atoms with E-state index in [4.69, 9.17) is 4.84 Å². The van der Waals surface area contributed by atoms with Crippen LogP contribution in [0, 0.1) is 0 Å². The van der Waals surface area contributed by atoms with E-state index in [0.29, 0.717) is 0 Å². The summed E-state index contributed by atoms with van der Waals surface area (Å²) >= 11 is 0. The predicted molar refractivity (Wildman–Crippen MR) is 79.0 cm³/mol. The number of rotatable bonds is 8. The van der Waals surface area contributed by atoms with Crippen molar-refractivity contribution in [1.29, 1.82) is 0 Å². The fraction of sp³-hybridized carbons (Fsp3) is 0.471. The van der Waals surface area contributed by atoms with E-state index >= 15 is 0 Å². The summed E-state index contributed by atoms with van der Waals surface area (Å²) in [6, 6.07) is 12.5. The van der Waals surface area contributed by atoms with Crippen LogP contribution in [0.2, 0.25) is 0 Å². The SMILES string of the molecule is CCCCCCCCO[n+]1cccc2ccccc21. The number of pyridine rings is 1. The number of hydrogen-bond acceptors (Lipinski definition) is 1. The number of benzene rings is 1. The minimum atomic E-state index is 0.796. The average Bonchev–Trinajstić information content (AvgIpc) is 2.46. The highest BCUT2D eigenvalue weighted by Crippen LogP contribution is 2.07. The fourth-order valence-electron chi connectivity index (χ4n) is 2.29. The fourth-order valence-corrected chi connectivity index (χ4v) is 2.29. The van der Waals surface area contributed by atoms with Crippen molar-refractivity contribution in [2.24, 2.45) is 0 Å². The van der Waals surface area contributed by atoms with Crippen LogP contribution in [0.5, 0.6) is 0 Å². The normalized spacial score (nSPS) is 10.8. The van der Waals surface area contributed by atoms with Crippen LogP contribution in [-0.2, 0) is 0 Å². The van der Waals surface area contributed by atoms with Gasteiger partial charge in [0.1, 0.15) is 0 Å². The Kier molecular flexibility index (Phi) is 5.67. The molecule has 1 aromatic carbocycles. The molecule has 0 unspecified atom stereocenters. The van der Waals surface area contributed by atoms with Gasteiger partial charge < -0.3 is 0 Å². The van der Waals surface area contributed by atoms with Gasteiger partial charge in [-0.15, -0.1) is 0 Å². The molecular weight excluding hydrogens is 234 g/mol. The topological polar surface area (TPSA) is 13.1 Å². The Morgan fingerprint density at radius 1 is 0.895 bits per heavy atom. The van der Waals surface area contributed by atoms with E-state index < -0.39 is 0 Å². The van der Waals surface area contributed by atoms with Crippen molar-refractivity contribution < 1.29 is 9.57 Å². The van der Waals surface area contributed by atoms with Crippen LogP contribution in [0.1, 0.15) is 45.4 Å². The summed E-state index contributed by atoms with van der Waals surface area (Å²) in [6.07, 6.45) is 9.75. The predicted octanol–water partition coefficient (Wildman–Crippen LogP) is 3.92. The third kappa shape index (κ3) is 4.23. The van der Waals surface area contributed by atoms with E-state index in [2.05, 4.69) is 31.2 Å². The van der Waals surface area contributed by atoms with Gasteiger partial charge in [0.05, 0.1) is 5.39 Å². The van der Waals surface area contributed by atoms with Crippen molar-refractivity contribution in [2.45, 2.75) is 45.4 Å². The molecule has 0 aliphatic rings. The first-order chi connectivity index (χ1) is 9.42. The summed E-state index contributed by atoms with van der Waals surface area (Å²) in [5.41, 5.74) is 1.14. The molecule has 2 aromatic rings. The van der Waals surface area contributed by atoms with Gasteiger partial charge >= 0.3 is 0 Å². The molecule has 2 rings (SSSR count). The molecular formula is C17H24NO+. The third-order valence-corrected chi connectivity index (χ3v) is 3.40. The summed E-state index contributed by atoms with van der Waals surface area (Å²) in [5, 5.41) is 1.22. The first-order valence-corrected chi connectivity index (χ1v) is 7.44. The van der Waals surface area contributed by atoms with Gasteiger partial charge in [-0.05, 0) is 25.0 Å². The van der Waals surface area contributed by atoms with Crippen molar-refractivity contribution >= 4 is 10.9 Å². The maximum Gasteiger partial charge on any atom is 0.264 e. The van der Waals surface area contributed by atoms with Gasteiger partial charge in [0, 0.05) is 16.9 Å². The Bertz CT molecular complexity index is 490. The average molecular weight is 258 g/mol. The van der Waals surface area contributed by atoms with Crippen molar-refractivity contribution in [3.63, 3.8) is 0 Å². The van der Waals surface area contributed by atoms with Crippen molar-refractivity contribution in [3.8, 4) is 0 Å². The lowest BCUT2D eigenvalue weighted by atomic mass is 10.1. The second-order valence-corrected chi connectivity index (χ2v) is 4.99. The van der Waals surface area contributed by atoms with Crippen LogP contribution in [-0.4, -0.2) is 6.61 Å². The van der Waals surface area contributed by atoms with E-state index in [1.54, 1.807) is 0 Å². The minimum Gasteiger partial charge on any atom is -0.271 e. The Morgan fingerprint density at radius 2 is 1.63 bits per heavy atom. The Balaban J connectivity index is 1.78. The zero-order chi connectivity index (χ0) is 13.3. The van der Waals surface area contributed by atoms with E-state index in [0.717, 1.165) is 18.5 Å². The molecule has 0 fully saturated rings. The van der Waals surface area contributed by atoms with Crippen LogP contribution >= 0.6 is 0 Å². The highest BCUT2D eigenvalue weighted by Gasteiger charge is 2.08. The van der Waals surface area contributed by atoms with E-state index in [1.807, 2.05) is 23.1 Å². The van der Waals surface area contributed by atoms with Gasteiger partial charge in [0.2, 0.25) is 6.20 Å². The lowest BCUT2D eigenvalue weighted by Crippen LogP contribution is -2.43. The molecule has 0 aliphatic carbocycles. The molecule has 0 bridgehead atoms. The van der Waals surface area contributed by atoms with Crippen LogP contribution in [0.25, 0.3) is 10.9 Å². The van der Waals surface area contributed by atoms with Gasteiger partial charge in [-0.1, -0.05) is 44.7 Å². The summed E-state index contributed by atoms with van der Waals surface area (Å²) in [5.74, 6) is 0. The molecule has 0 radical (unpaired) electrons. The zero-order valence-corrected chi connectivity index (χ0v) is 11.8. The van der Waals surface area contributed by atoms with Crippen molar-refractivity contribution in [2.75, 3.05) is 6.61 Å². The van der Waals surface area contributed by atoms with Gasteiger partial charge in [-0.2, -0.15) is 0 Å². The first kappa shape index (κ1) is 13.9. The van der Waals surface area contributed by atoms with Gasteiger partial charge in [-0.25, -0.2) is 0 Å². The summed E-state index contributed by atoms with van der Waals surface area (Å²) in [7, 11) is 0. The summed E-state index contributed by atoms with van der Waals surface area (Å²) < 4.78 is 1.89. The van der Waals surface area contributed by atoms with Crippen molar-refractivity contribution in [1.82, 2.24) is 0 Å². The highest BCUT2D eigenvalue weighted by atomic mass is 16.7. The molecule has 0 amide bonds. The maximum atomic E-state index is 5.84. The number of hydrogen-bond donors (Lipinski definition) is 0. The van der Waals surface area contributed by atoms with Crippen molar-refractivity contribution in [3.05, 3.63) is 42.6 Å². The molecule has 1 heterocycles.